The fourth-order valence-electron chi connectivity index (χ4n) is 2.91. The van der Waals surface area contributed by atoms with Gasteiger partial charge >= 0.3 is 0 Å². The molecule has 0 radical (unpaired) electrons. The summed E-state index contributed by atoms with van der Waals surface area (Å²) in [6.07, 6.45) is 4.36. The Morgan fingerprint density at radius 2 is 2.06 bits per heavy atom. The molecule has 0 spiro atoms. The van der Waals surface area contributed by atoms with Crippen LogP contribution in [-0.2, 0) is 5.41 Å². The van der Waals surface area contributed by atoms with Crippen LogP contribution in [0.5, 0.6) is 0 Å². The first-order valence-corrected chi connectivity index (χ1v) is 6.16. The van der Waals surface area contributed by atoms with Crippen LogP contribution in [-0.4, -0.2) is 13.6 Å². The minimum Gasteiger partial charge on any atom is -0.319 e. The molecule has 88 valence electrons. The van der Waals surface area contributed by atoms with E-state index in [1.165, 1.54) is 6.07 Å². The average Bonchev–Trinajstić information content (AvgIpc) is 2.67. The van der Waals surface area contributed by atoms with Gasteiger partial charge in [0.05, 0.1) is 0 Å². The fraction of sp³-hybridized carbons (Fsp3) is 0.538. The van der Waals surface area contributed by atoms with Crippen LogP contribution in [0.3, 0.4) is 0 Å². The van der Waals surface area contributed by atoms with Crippen LogP contribution in [0.25, 0.3) is 0 Å². The Bertz CT molecular complexity index is 352. The van der Waals surface area contributed by atoms with Crippen molar-refractivity contribution in [3.05, 3.63) is 34.6 Å². The molecule has 0 heterocycles. The van der Waals surface area contributed by atoms with E-state index in [4.69, 9.17) is 11.6 Å². The lowest BCUT2D eigenvalue weighted by Crippen LogP contribution is -2.35. The third kappa shape index (κ3) is 1.96. The van der Waals surface area contributed by atoms with Gasteiger partial charge in [0.2, 0.25) is 0 Å². The molecule has 0 saturated heterocycles. The second-order valence-corrected chi connectivity index (χ2v) is 5.02. The number of halogens is 2. The number of nitrogens with one attached hydrogen (secondary N) is 1. The van der Waals surface area contributed by atoms with Crippen molar-refractivity contribution < 1.29 is 4.39 Å². The topological polar surface area (TPSA) is 12.0 Å². The molecule has 1 nitrogen and oxygen atoms in total. The predicted octanol–water partition coefficient (Wildman–Crippen LogP) is 3.51. The van der Waals surface area contributed by atoms with Crippen molar-refractivity contribution in [2.45, 2.75) is 31.1 Å². The van der Waals surface area contributed by atoms with Crippen LogP contribution in [0.15, 0.2) is 18.2 Å². The molecular weight excluding hydrogens is 225 g/mol. The lowest BCUT2D eigenvalue weighted by atomic mass is 9.78. The van der Waals surface area contributed by atoms with Gasteiger partial charge in [-0.15, -0.1) is 0 Å². The molecule has 0 bridgehead atoms. The molecular formula is C13H17ClFN. The van der Waals surface area contributed by atoms with Gasteiger partial charge in [-0.05, 0) is 32.0 Å². The van der Waals surface area contributed by atoms with Gasteiger partial charge in [0.25, 0.3) is 0 Å². The van der Waals surface area contributed by atoms with E-state index >= 15 is 0 Å². The average molecular weight is 242 g/mol. The van der Waals surface area contributed by atoms with E-state index in [2.05, 4.69) is 5.32 Å². The van der Waals surface area contributed by atoms with E-state index in [0.29, 0.717) is 10.6 Å². The van der Waals surface area contributed by atoms with Gasteiger partial charge < -0.3 is 5.32 Å². The molecule has 2 rings (SSSR count). The van der Waals surface area contributed by atoms with Crippen LogP contribution in [0, 0.1) is 5.82 Å². The second kappa shape index (κ2) is 4.72. The maximum atomic E-state index is 14.0. The third-order valence-electron chi connectivity index (χ3n) is 3.57. The zero-order valence-corrected chi connectivity index (χ0v) is 10.3. The second-order valence-electron chi connectivity index (χ2n) is 4.61. The first kappa shape index (κ1) is 11.9. The predicted molar refractivity (Wildman–Crippen MR) is 65.5 cm³/mol. The normalized spacial score (nSPS) is 18.9. The van der Waals surface area contributed by atoms with Crippen molar-refractivity contribution in [3.8, 4) is 0 Å². The molecule has 0 aliphatic heterocycles. The Morgan fingerprint density at radius 3 is 2.62 bits per heavy atom. The summed E-state index contributed by atoms with van der Waals surface area (Å²) in [6, 6.07) is 4.97. The molecule has 1 N–H and O–H groups in total. The monoisotopic (exact) mass is 241 g/mol. The van der Waals surface area contributed by atoms with Crippen LogP contribution >= 0.6 is 11.6 Å². The smallest absolute Gasteiger partial charge is 0.128 e. The molecule has 1 aliphatic rings. The lowest BCUT2D eigenvalue weighted by molar-refractivity contribution is 0.400. The zero-order valence-electron chi connectivity index (χ0n) is 9.52. The van der Waals surface area contributed by atoms with Gasteiger partial charge in [0.1, 0.15) is 5.82 Å². The molecule has 1 aromatic carbocycles. The lowest BCUT2D eigenvalue weighted by Gasteiger charge is -2.30. The Hall–Kier alpha value is -0.600. The van der Waals surface area contributed by atoms with Crippen LogP contribution in [0.2, 0.25) is 5.02 Å². The SMILES string of the molecule is CNCC1(c2c(F)cccc2Cl)CCCC1. The quantitative estimate of drug-likeness (QED) is 0.854. The summed E-state index contributed by atoms with van der Waals surface area (Å²) in [5.74, 6) is -0.162. The summed E-state index contributed by atoms with van der Waals surface area (Å²) in [4.78, 5) is 0. The molecule has 16 heavy (non-hydrogen) atoms. The Labute approximate surface area is 101 Å². The molecule has 0 aromatic heterocycles. The Kier molecular flexibility index (Phi) is 3.50. The van der Waals surface area contributed by atoms with Crippen molar-refractivity contribution in [1.82, 2.24) is 5.32 Å². The number of rotatable bonds is 3. The molecule has 1 aromatic rings. The Balaban J connectivity index is 2.46. The third-order valence-corrected chi connectivity index (χ3v) is 3.88. The van der Waals surface area contributed by atoms with Crippen LogP contribution in [0.1, 0.15) is 31.2 Å². The van der Waals surface area contributed by atoms with E-state index in [1.54, 1.807) is 12.1 Å². The van der Waals surface area contributed by atoms with Gasteiger partial charge in [0, 0.05) is 22.5 Å². The highest BCUT2D eigenvalue weighted by molar-refractivity contribution is 6.31. The number of hydrogen-bond acceptors (Lipinski definition) is 1. The minimum absolute atomic E-state index is 0.100. The van der Waals surface area contributed by atoms with Crippen molar-refractivity contribution in [2.75, 3.05) is 13.6 Å². The highest BCUT2D eigenvalue weighted by Gasteiger charge is 2.38. The van der Waals surface area contributed by atoms with Crippen LogP contribution < -0.4 is 5.32 Å². The highest BCUT2D eigenvalue weighted by atomic mass is 35.5. The van der Waals surface area contributed by atoms with Crippen molar-refractivity contribution in [3.63, 3.8) is 0 Å². The first-order chi connectivity index (χ1) is 7.69. The maximum Gasteiger partial charge on any atom is 0.128 e. The van der Waals surface area contributed by atoms with E-state index in [1.807, 2.05) is 7.05 Å². The molecule has 0 atom stereocenters. The summed E-state index contributed by atoms with van der Waals surface area (Å²) in [5, 5.41) is 3.74. The summed E-state index contributed by atoms with van der Waals surface area (Å²) >= 11 is 6.17. The number of hydrogen-bond donors (Lipinski definition) is 1. The van der Waals surface area contributed by atoms with Gasteiger partial charge in [-0.1, -0.05) is 30.5 Å². The van der Waals surface area contributed by atoms with Crippen molar-refractivity contribution in [2.24, 2.45) is 0 Å². The molecule has 3 heteroatoms. The number of likely N-dealkylation sites (N-methyl/N-ethyl adjacent to an activating group) is 1. The highest BCUT2D eigenvalue weighted by Crippen LogP contribution is 2.44. The zero-order chi connectivity index (χ0) is 11.6. The summed E-state index contributed by atoms with van der Waals surface area (Å²) in [7, 11) is 1.91. The largest absolute Gasteiger partial charge is 0.319 e. The molecule has 1 saturated carbocycles. The molecule has 1 fully saturated rings. The number of benzene rings is 1. The van der Waals surface area contributed by atoms with E-state index in [9.17, 15) is 4.39 Å². The van der Waals surface area contributed by atoms with Gasteiger partial charge in [0.15, 0.2) is 0 Å². The van der Waals surface area contributed by atoms with Crippen molar-refractivity contribution >= 4 is 11.6 Å². The van der Waals surface area contributed by atoms with E-state index in [-0.39, 0.29) is 11.2 Å². The van der Waals surface area contributed by atoms with Gasteiger partial charge in [-0.2, -0.15) is 0 Å². The van der Waals surface area contributed by atoms with E-state index in [0.717, 1.165) is 32.2 Å². The van der Waals surface area contributed by atoms with Crippen molar-refractivity contribution in [1.29, 1.82) is 0 Å². The molecule has 0 amide bonds. The summed E-state index contributed by atoms with van der Waals surface area (Å²) in [6.45, 7) is 0.799. The van der Waals surface area contributed by atoms with Crippen LogP contribution in [0.4, 0.5) is 4.39 Å². The fourth-order valence-corrected chi connectivity index (χ4v) is 3.27. The van der Waals surface area contributed by atoms with Gasteiger partial charge in [-0.25, -0.2) is 4.39 Å². The molecule has 1 aliphatic carbocycles. The summed E-state index contributed by atoms with van der Waals surface area (Å²) < 4.78 is 14.0. The van der Waals surface area contributed by atoms with Gasteiger partial charge in [-0.3, -0.25) is 0 Å². The maximum absolute atomic E-state index is 14.0. The minimum atomic E-state index is -0.162. The molecule has 0 unspecified atom stereocenters. The standard InChI is InChI=1S/C13H17ClFN/c1-16-9-13(7-2-3-8-13)12-10(14)5-4-6-11(12)15/h4-6,16H,2-3,7-9H2,1H3. The Morgan fingerprint density at radius 1 is 1.38 bits per heavy atom. The van der Waals surface area contributed by atoms with E-state index < -0.39 is 0 Å². The first-order valence-electron chi connectivity index (χ1n) is 5.79. The summed E-state index contributed by atoms with van der Waals surface area (Å²) in [5.41, 5.74) is 0.612.